The number of pyridine rings is 1. The van der Waals surface area contributed by atoms with Crippen LogP contribution in [0.3, 0.4) is 0 Å². The summed E-state index contributed by atoms with van der Waals surface area (Å²) in [6.45, 7) is 0.899. The first kappa shape index (κ1) is 12.3. The Labute approximate surface area is 106 Å². The Morgan fingerprint density at radius 1 is 1.17 bits per heavy atom. The fraction of sp³-hybridized carbons (Fsp3) is 0.143. The van der Waals surface area contributed by atoms with E-state index < -0.39 is 0 Å². The molecule has 4 nitrogen and oxygen atoms in total. The van der Waals surface area contributed by atoms with E-state index >= 15 is 0 Å². The minimum absolute atomic E-state index is 0.186. The van der Waals surface area contributed by atoms with E-state index in [1.165, 1.54) is 0 Å². The van der Waals surface area contributed by atoms with Crippen LogP contribution in [-0.2, 0) is 13.1 Å². The highest BCUT2D eigenvalue weighted by Gasteiger charge is 2.06. The van der Waals surface area contributed by atoms with Gasteiger partial charge in [0.15, 0.2) is 0 Å². The van der Waals surface area contributed by atoms with Crippen molar-refractivity contribution in [3.63, 3.8) is 0 Å². The normalized spacial score (nSPS) is 10.1. The molecule has 0 unspecified atom stereocenters. The van der Waals surface area contributed by atoms with Gasteiger partial charge in [0.2, 0.25) is 0 Å². The number of hydrogen-bond donors (Lipinski definition) is 2. The van der Waals surface area contributed by atoms with E-state index in [1.807, 2.05) is 30.3 Å². The Kier molecular flexibility index (Phi) is 4.04. The zero-order valence-corrected chi connectivity index (χ0v) is 9.97. The molecule has 0 spiro atoms. The van der Waals surface area contributed by atoms with E-state index in [2.05, 4.69) is 10.3 Å². The predicted molar refractivity (Wildman–Crippen MR) is 69.7 cm³/mol. The molecule has 0 aliphatic rings. The molecule has 0 saturated heterocycles. The fourth-order valence-electron chi connectivity index (χ4n) is 1.59. The lowest BCUT2D eigenvalue weighted by Gasteiger charge is -2.05. The number of aromatic nitrogens is 1. The highest BCUT2D eigenvalue weighted by Crippen LogP contribution is 2.02. The van der Waals surface area contributed by atoms with Gasteiger partial charge in [-0.05, 0) is 23.3 Å². The molecule has 0 atom stereocenters. The summed E-state index contributed by atoms with van der Waals surface area (Å²) >= 11 is 0. The molecule has 0 saturated carbocycles. The lowest BCUT2D eigenvalue weighted by atomic mass is 10.2. The zero-order chi connectivity index (χ0) is 12.8. The van der Waals surface area contributed by atoms with Gasteiger partial charge in [0.1, 0.15) is 5.69 Å². The second-order valence-corrected chi connectivity index (χ2v) is 3.92. The molecular formula is C14H15N3O. The van der Waals surface area contributed by atoms with Crippen molar-refractivity contribution in [3.8, 4) is 0 Å². The largest absolute Gasteiger partial charge is 0.347 e. The van der Waals surface area contributed by atoms with E-state index in [4.69, 9.17) is 5.73 Å². The second kappa shape index (κ2) is 5.93. The fourth-order valence-corrected chi connectivity index (χ4v) is 1.59. The highest BCUT2D eigenvalue weighted by atomic mass is 16.1. The number of hydrogen-bond acceptors (Lipinski definition) is 3. The van der Waals surface area contributed by atoms with Crippen molar-refractivity contribution in [2.45, 2.75) is 13.1 Å². The number of nitrogens with one attached hydrogen (secondary N) is 1. The van der Waals surface area contributed by atoms with Gasteiger partial charge in [-0.2, -0.15) is 0 Å². The third-order valence-corrected chi connectivity index (χ3v) is 2.59. The minimum Gasteiger partial charge on any atom is -0.347 e. The van der Waals surface area contributed by atoms with Crippen LogP contribution in [0.2, 0.25) is 0 Å². The maximum Gasteiger partial charge on any atom is 0.270 e. The molecule has 92 valence electrons. The molecule has 18 heavy (non-hydrogen) atoms. The van der Waals surface area contributed by atoms with Gasteiger partial charge in [0.25, 0.3) is 5.91 Å². The summed E-state index contributed by atoms with van der Waals surface area (Å²) in [5.41, 5.74) is 7.88. The third-order valence-electron chi connectivity index (χ3n) is 2.59. The summed E-state index contributed by atoms with van der Waals surface area (Å²) in [5, 5.41) is 2.82. The molecule has 1 aromatic heterocycles. The summed E-state index contributed by atoms with van der Waals surface area (Å²) < 4.78 is 0. The molecule has 0 radical (unpaired) electrons. The molecule has 0 aliphatic carbocycles. The monoisotopic (exact) mass is 241 g/mol. The van der Waals surface area contributed by atoms with Gasteiger partial charge >= 0.3 is 0 Å². The summed E-state index contributed by atoms with van der Waals surface area (Å²) in [4.78, 5) is 15.9. The Morgan fingerprint density at radius 2 is 1.94 bits per heavy atom. The van der Waals surface area contributed by atoms with Crippen LogP contribution in [0.15, 0.2) is 48.7 Å². The molecule has 3 N–H and O–H groups in total. The van der Waals surface area contributed by atoms with E-state index in [0.29, 0.717) is 18.8 Å². The summed E-state index contributed by atoms with van der Waals surface area (Å²) in [6, 6.07) is 13.3. The Balaban J connectivity index is 1.99. The molecule has 4 heteroatoms. The lowest BCUT2D eigenvalue weighted by Crippen LogP contribution is -2.24. The highest BCUT2D eigenvalue weighted by molar-refractivity contribution is 5.92. The summed E-state index contributed by atoms with van der Waals surface area (Å²) in [6.07, 6.45) is 1.60. The van der Waals surface area contributed by atoms with Crippen molar-refractivity contribution >= 4 is 5.91 Å². The van der Waals surface area contributed by atoms with Crippen molar-refractivity contribution in [1.82, 2.24) is 10.3 Å². The number of nitrogens with zero attached hydrogens (tertiary/aromatic N) is 1. The van der Waals surface area contributed by atoms with Crippen LogP contribution in [0.1, 0.15) is 21.6 Å². The molecule has 0 bridgehead atoms. The van der Waals surface area contributed by atoms with Crippen LogP contribution in [-0.4, -0.2) is 10.9 Å². The first-order valence-electron chi connectivity index (χ1n) is 5.76. The zero-order valence-electron chi connectivity index (χ0n) is 9.97. The van der Waals surface area contributed by atoms with Crippen LogP contribution in [0.25, 0.3) is 0 Å². The van der Waals surface area contributed by atoms with Crippen molar-refractivity contribution in [2.24, 2.45) is 5.73 Å². The van der Waals surface area contributed by atoms with Crippen LogP contribution in [0.5, 0.6) is 0 Å². The molecular weight excluding hydrogens is 226 g/mol. The molecule has 0 fully saturated rings. The van der Waals surface area contributed by atoms with Crippen LogP contribution in [0.4, 0.5) is 0 Å². The molecule has 1 aromatic carbocycles. The van der Waals surface area contributed by atoms with Gasteiger partial charge < -0.3 is 11.1 Å². The first-order valence-corrected chi connectivity index (χ1v) is 5.76. The van der Waals surface area contributed by atoms with Gasteiger partial charge in [0, 0.05) is 19.3 Å². The summed E-state index contributed by atoms with van der Waals surface area (Å²) in [5.74, 6) is -0.186. The number of carbonyl (C=O) groups excluding carboxylic acids is 1. The molecule has 1 heterocycles. The minimum atomic E-state index is -0.186. The standard InChI is InChI=1S/C14H15N3O/c15-9-12-6-7-16-13(8-12)14(18)17-10-11-4-2-1-3-5-11/h1-8H,9-10,15H2,(H,17,18). The SMILES string of the molecule is NCc1ccnc(C(=O)NCc2ccccc2)c1. The first-order chi connectivity index (χ1) is 8.79. The van der Waals surface area contributed by atoms with Crippen molar-refractivity contribution < 1.29 is 4.79 Å². The van der Waals surface area contributed by atoms with Gasteiger partial charge in [-0.3, -0.25) is 9.78 Å². The molecule has 0 aliphatic heterocycles. The number of carbonyl (C=O) groups is 1. The molecule has 2 rings (SSSR count). The second-order valence-electron chi connectivity index (χ2n) is 3.92. The number of nitrogens with two attached hydrogens (primary N) is 1. The van der Waals surface area contributed by atoms with Crippen molar-refractivity contribution in [3.05, 3.63) is 65.5 Å². The maximum atomic E-state index is 11.9. The summed E-state index contributed by atoms with van der Waals surface area (Å²) in [7, 11) is 0. The smallest absolute Gasteiger partial charge is 0.270 e. The molecule has 2 aromatic rings. The quantitative estimate of drug-likeness (QED) is 0.851. The van der Waals surface area contributed by atoms with Gasteiger partial charge in [-0.15, -0.1) is 0 Å². The van der Waals surface area contributed by atoms with Crippen LogP contribution in [0, 0.1) is 0 Å². The maximum absolute atomic E-state index is 11.9. The number of rotatable bonds is 4. The Morgan fingerprint density at radius 3 is 2.67 bits per heavy atom. The van der Waals surface area contributed by atoms with Gasteiger partial charge in [0.05, 0.1) is 0 Å². The van der Waals surface area contributed by atoms with Gasteiger partial charge in [-0.1, -0.05) is 30.3 Å². The predicted octanol–water partition coefficient (Wildman–Crippen LogP) is 1.47. The van der Waals surface area contributed by atoms with E-state index in [0.717, 1.165) is 11.1 Å². The third kappa shape index (κ3) is 3.15. The molecule has 1 amide bonds. The number of amides is 1. The topological polar surface area (TPSA) is 68.0 Å². The van der Waals surface area contributed by atoms with E-state index in [9.17, 15) is 4.79 Å². The lowest BCUT2D eigenvalue weighted by molar-refractivity contribution is 0.0946. The van der Waals surface area contributed by atoms with Crippen LogP contribution < -0.4 is 11.1 Å². The van der Waals surface area contributed by atoms with E-state index in [-0.39, 0.29) is 5.91 Å². The number of benzene rings is 1. The Hall–Kier alpha value is -2.20. The van der Waals surface area contributed by atoms with Crippen molar-refractivity contribution in [1.29, 1.82) is 0 Å². The van der Waals surface area contributed by atoms with Gasteiger partial charge in [-0.25, -0.2) is 0 Å². The average molecular weight is 241 g/mol. The average Bonchev–Trinajstić information content (AvgIpc) is 2.46. The Bertz CT molecular complexity index is 526. The van der Waals surface area contributed by atoms with Crippen LogP contribution >= 0.6 is 0 Å². The van der Waals surface area contributed by atoms with E-state index in [1.54, 1.807) is 18.3 Å². The van der Waals surface area contributed by atoms with Crippen molar-refractivity contribution in [2.75, 3.05) is 0 Å².